The Balaban J connectivity index is 1.68. The van der Waals surface area contributed by atoms with Gasteiger partial charge in [0, 0.05) is 6.04 Å². The summed E-state index contributed by atoms with van der Waals surface area (Å²) in [5, 5.41) is 3.84. The fraction of sp³-hybridized carbons (Fsp3) is 1.00. The summed E-state index contributed by atoms with van der Waals surface area (Å²) >= 11 is 0. The molecule has 1 N–H and O–H groups in total. The van der Waals surface area contributed by atoms with Crippen molar-refractivity contribution in [2.45, 2.75) is 96.4 Å². The highest BCUT2D eigenvalue weighted by Crippen LogP contribution is 2.32. The second kappa shape index (κ2) is 9.00. The topological polar surface area (TPSA) is 12.0 Å². The van der Waals surface area contributed by atoms with Crippen LogP contribution in [0.5, 0.6) is 0 Å². The smallest absolute Gasteiger partial charge is 0.00698 e. The van der Waals surface area contributed by atoms with Gasteiger partial charge >= 0.3 is 0 Å². The summed E-state index contributed by atoms with van der Waals surface area (Å²) < 4.78 is 0. The minimum atomic E-state index is 0.824. The maximum Gasteiger partial charge on any atom is 0.00698 e. The minimum absolute atomic E-state index is 0.824. The van der Waals surface area contributed by atoms with Gasteiger partial charge in [0.05, 0.1) is 0 Å². The fourth-order valence-electron chi connectivity index (χ4n) is 4.21. The quantitative estimate of drug-likeness (QED) is 0.628. The van der Waals surface area contributed by atoms with E-state index in [0.717, 1.165) is 17.9 Å². The molecule has 2 fully saturated rings. The molecule has 0 radical (unpaired) electrons. The lowest BCUT2D eigenvalue weighted by Crippen LogP contribution is -2.32. The molecule has 2 aliphatic carbocycles. The molecule has 0 aromatic heterocycles. The molecule has 0 aliphatic heterocycles. The van der Waals surface area contributed by atoms with E-state index in [1.807, 2.05) is 0 Å². The molecule has 2 rings (SSSR count). The van der Waals surface area contributed by atoms with E-state index in [4.69, 9.17) is 0 Å². The number of rotatable bonds is 8. The van der Waals surface area contributed by atoms with E-state index < -0.39 is 0 Å². The Hall–Kier alpha value is -0.0400. The lowest BCUT2D eigenvalue weighted by Gasteiger charge is -2.26. The van der Waals surface area contributed by atoms with Gasteiger partial charge in [-0.25, -0.2) is 0 Å². The molecule has 1 atom stereocenters. The summed E-state index contributed by atoms with van der Waals surface area (Å²) in [6.07, 6.45) is 19.2. The lowest BCUT2D eigenvalue weighted by molar-refractivity contribution is 0.294. The van der Waals surface area contributed by atoms with Gasteiger partial charge < -0.3 is 5.32 Å². The van der Waals surface area contributed by atoms with Crippen LogP contribution in [0.1, 0.15) is 90.4 Å². The van der Waals surface area contributed by atoms with Gasteiger partial charge in [0.25, 0.3) is 0 Å². The summed E-state index contributed by atoms with van der Waals surface area (Å²) in [4.78, 5) is 0. The molecule has 19 heavy (non-hydrogen) atoms. The standard InChI is InChI=1S/C18H35N/c1-2-14-19-18(15-17-10-6-7-11-17)13-12-16-8-4-3-5-9-16/h16-19H,2-15H2,1H3. The van der Waals surface area contributed by atoms with Crippen molar-refractivity contribution >= 4 is 0 Å². The summed E-state index contributed by atoms with van der Waals surface area (Å²) in [5.41, 5.74) is 0. The van der Waals surface area contributed by atoms with Gasteiger partial charge in [-0.1, -0.05) is 64.7 Å². The second-order valence-corrected chi connectivity index (χ2v) is 7.12. The van der Waals surface area contributed by atoms with Crippen LogP contribution < -0.4 is 5.32 Å². The molecule has 0 spiro atoms. The van der Waals surface area contributed by atoms with E-state index in [-0.39, 0.29) is 0 Å². The van der Waals surface area contributed by atoms with Crippen molar-refractivity contribution in [3.63, 3.8) is 0 Å². The molecule has 2 saturated carbocycles. The summed E-state index contributed by atoms with van der Waals surface area (Å²) in [6, 6.07) is 0.824. The molecule has 112 valence electrons. The zero-order valence-corrected chi connectivity index (χ0v) is 13.1. The van der Waals surface area contributed by atoms with Crippen LogP contribution in [0.4, 0.5) is 0 Å². The Morgan fingerprint density at radius 2 is 1.53 bits per heavy atom. The SMILES string of the molecule is CCCNC(CCC1CCCCC1)CC1CCCC1. The molecule has 1 nitrogen and oxygen atoms in total. The van der Waals surface area contributed by atoms with Gasteiger partial charge in [0.1, 0.15) is 0 Å². The van der Waals surface area contributed by atoms with Gasteiger partial charge in [0.2, 0.25) is 0 Å². The molecule has 2 aliphatic rings. The third-order valence-electron chi connectivity index (χ3n) is 5.42. The maximum atomic E-state index is 3.84. The van der Waals surface area contributed by atoms with Crippen molar-refractivity contribution < 1.29 is 0 Å². The van der Waals surface area contributed by atoms with Crippen LogP contribution in [0.25, 0.3) is 0 Å². The van der Waals surface area contributed by atoms with Crippen molar-refractivity contribution in [1.29, 1.82) is 0 Å². The Labute approximate surface area is 120 Å². The van der Waals surface area contributed by atoms with Crippen molar-refractivity contribution in [2.75, 3.05) is 6.54 Å². The Morgan fingerprint density at radius 1 is 0.895 bits per heavy atom. The van der Waals surface area contributed by atoms with E-state index in [1.54, 1.807) is 0 Å². The molecule has 0 aromatic carbocycles. The first kappa shape index (κ1) is 15.4. The van der Waals surface area contributed by atoms with Crippen LogP contribution in [-0.4, -0.2) is 12.6 Å². The normalized spacial score (nSPS) is 23.8. The van der Waals surface area contributed by atoms with Crippen molar-refractivity contribution in [3.8, 4) is 0 Å². The van der Waals surface area contributed by atoms with Gasteiger partial charge in [-0.05, 0) is 44.1 Å². The van der Waals surface area contributed by atoms with Crippen LogP contribution in [0.3, 0.4) is 0 Å². The number of hydrogen-bond acceptors (Lipinski definition) is 1. The highest BCUT2D eigenvalue weighted by atomic mass is 14.9. The average Bonchev–Trinajstić information content (AvgIpc) is 2.96. The first-order valence-electron chi connectivity index (χ1n) is 9.12. The van der Waals surface area contributed by atoms with Crippen LogP contribution >= 0.6 is 0 Å². The first-order valence-corrected chi connectivity index (χ1v) is 9.12. The van der Waals surface area contributed by atoms with Gasteiger partial charge in [0.15, 0.2) is 0 Å². The van der Waals surface area contributed by atoms with Crippen molar-refractivity contribution in [2.24, 2.45) is 11.8 Å². The minimum Gasteiger partial charge on any atom is -0.314 e. The molecule has 0 saturated heterocycles. The molecular weight excluding hydrogens is 230 g/mol. The first-order chi connectivity index (χ1) is 9.38. The van der Waals surface area contributed by atoms with E-state index in [1.165, 1.54) is 90.0 Å². The van der Waals surface area contributed by atoms with Crippen molar-refractivity contribution in [1.82, 2.24) is 5.32 Å². The maximum absolute atomic E-state index is 3.84. The van der Waals surface area contributed by atoms with Crippen LogP contribution in [0.15, 0.2) is 0 Å². The van der Waals surface area contributed by atoms with E-state index in [9.17, 15) is 0 Å². The zero-order chi connectivity index (χ0) is 13.3. The highest BCUT2D eigenvalue weighted by molar-refractivity contribution is 4.77. The largest absolute Gasteiger partial charge is 0.314 e. The molecule has 0 heterocycles. The molecule has 0 aromatic rings. The Kier molecular flexibility index (Phi) is 7.27. The van der Waals surface area contributed by atoms with Crippen molar-refractivity contribution in [3.05, 3.63) is 0 Å². The molecule has 0 amide bonds. The Bertz CT molecular complexity index is 214. The van der Waals surface area contributed by atoms with E-state index in [2.05, 4.69) is 12.2 Å². The fourth-order valence-corrected chi connectivity index (χ4v) is 4.21. The number of nitrogens with one attached hydrogen (secondary N) is 1. The van der Waals surface area contributed by atoms with Gasteiger partial charge in [-0.2, -0.15) is 0 Å². The third kappa shape index (κ3) is 5.85. The average molecular weight is 265 g/mol. The molecule has 1 unspecified atom stereocenters. The van der Waals surface area contributed by atoms with Crippen LogP contribution in [0, 0.1) is 11.8 Å². The molecule has 1 heteroatoms. The van der Waals surface area contributed by atoms with Crippen LogP contribution in [0.2, 0.25) is 0 Å². The summed E-state index contributed by atoms with van der Waals surface area (Å²) in [7, 11) is 0. The summed E-state index contributed by atoms with van der Waals surface area (Å²) in [5.74, 6) is 2.10. The highest BCUT2D eigenvalue weighted by Gasteiger charge is 2.21. The third-order valence-corrected chi connectivity index (χ3v) is 5.42. The Morgan fingerprint density at radius 3 is 2.21 bits per heavy atom. The van der Waals surface area contributed by atoms with Gasteiger partial charge in [-0.3, -0.25) is 0 Å². The number of hydrogen-bond donors (Lipinski definition) is 1. The predicted molar refractivity (Wildman–Crippen MR) is 84.5 cm³/mol. The second-order valence-electron chi connectivity index (χ2n) is 7.12. The van der Waals surface area contributed by atoms with E-state index in [0.29, 0.717) is 0 Å². The molecule has 0 bridgehead atoms. The van der Waals surface area contributed by atoms with Gasteiger partial charge in [-0.15, -0.1) is 0 Å². The molecular formula is C18H35N. The monoisotopic (exact) mass is 265 g/mol. The van der Waals surface area contributed by atoms with Crippen LogP contribution in [-0.2, 0) is 0 Å². The summed E-state index contributed by atoms with van der Waals surface area (Å²) in [6.45, 7) is 3.52. The zero-order valence-electron chi connectivity index (χ0n) is 13.1. The van der Waals surface area contributed by atoms with E-state index >= 15 is 0 Å². The lowest BCUT2D eigenvalue weighted by atomic mass is 9.84. The predicted octanol–water partition coefficient (Wildman–Crippen LogP) is 5.30.